The summed E-state index contributed by atoms with van der Waals surface area (Å²) in [5.74, 6) is -1.53. The standard InChI is InChI=1S/C14H14N4O3S.C12H9NO3/c1-15-14(22)18-17-12(19)11-7-9(13(20)21-2)8-5-3-4-6-10(8)16-11;1-16-12(15)10-6-8(7-14)13-11-5-3-2-4-9(10)11/h3-7H,1-2H3,(H,17,19)(H2,15,18,22);2-7H,1H3. The Bertz CT molecular complexity index is 1540. The van der Waals surface area contributed by atoms with Crippen molar-refractivity contribution < 1.29 is 28.7 Å². The van der Waals surface area contributed by atoms with Crippen molar-refractivity contribution in [2.45, 2.75) is 0 Å². The van der Waals surface area contributed by atoms with Crippen LogP contribution in [0.25, 0.3) is 21.8 Å². The van der Waals surface area contributed by atoms with Crippen LogP contribution < -0.4 is 16.2 Å². The molecule has 0 saturated heterocycles. The molecule has 2 aromatic heterocycles. The lowest BCUT2D eigenvalue weighted by Gasteiger charge is -2.10. The number of nitrogens with one attached hydrogen (secondary N) is 3. The molecule has 3 N–H and O–H groups in total. The van der Waals surface area contributed by atoms with E-state index in [9.17, 15) is 19.2 Å². The maximum atomic E-state index is 12.1. The number of hydrogen-bond donors (Lipinski definition) is 3. The molecule has 2 heterocycles. The van der Waals surface area contributed by atoms with Crippen molar-refractivity contribution in [3.05, 3.63) is 83.2 Å². The third-order valence-corrected chi connectivity index (χ3v) is 5.44. The van der Waals surface area contributed by atoms with Crippen LogP contribution in [0.15, 0.2) is 60.7 Å². The molecule has 0 atom stereocenters. The Morgan fingerprint density at radius 1 is 0.816 bits per heavy atom. The number of para-hydroxylation sites is 2. The predicted molar refractivity (Wildman–Crippen MR) is 144 cm³/mol. The molecule has 11 nitrogen and oxygen atoms in total. The van der Waals surface area contributed by atoms with Gasteiger partial charge in [0.2, 0.25) is 0 Å². The number of carbonyl (C=O) groups excluding carboxylic acids is 4. The first-order valence-electron chi connectivity index (χ1n) is 11.0. The van der Waals surface area contributed by atoms with Gasteiger partial charge in [-0.1, -0.05) is 36.4 Å². The van der Waals surface area contributed by atoms with Crippen LogP contribution in [0.5, 0.6) is 0 Å². The number of hydrogen-bond acceptors (Lipinski definition) is 9. The number of hydrazine groups is 1. The highest BCUT2D eigenvalue weighted by atomic mass is 32.1. The van der Waals surface area contributed by atoms with Crippen LogP contribution in [-0.2, 0) is 9.47 Å². The summed E-state index contributed by atoms with van der Waals surface area (Å²) in [5, 5.41) is 4.20. The largest absolute Gasteiger partial charge is 0.465 e. The summed E-state index contributed by atoms with van der Waals surface area (Å²) >= 11 is 4.86. The molecule has 2 aromatic carbocycles. The van der Waals surface area contributed by atoms with Crippen LogP contribution >= 0.6 is 12.2 Å². The minimum atomic E-state index is -0.536. The number of esters is 2. The Hall–Kier alpha value is -4.97. The Morgan fingerprint density at radius 2 is 1.34 bits per heavy atom. The maximum absolute atomic E-state index is 12.1. The molecule has 12 heteroatoms. The van der Waals surface area contributed by atoms with Gasteiger partial charge < -0.3 is 14.8 Å². The van der Waals surface area contributed by atoms with Gasteiger partial charge >= 0.3 is 11.9 Å². The minimum Gasteiger partial charge on any atom is -0.465 e. The summed E-state index contributed by atoms with van der Waals surface area (Å²) in [7, 11) is 4.20. The zero-order chi connectivity index (χ0) is 27.7. The molecule has 4 aromatic rings. The molecule has 0 aliphatic rings. The third-order valence-electron chi connectivity index (χ3n) is 5.13. The van der Waals surface area contributed by atoms with Gasteiger partial charge in [-0.2, -0.15) is 0 Å². The lowest BCUT2D eigenvalue weighted by Crippen LogP contribution is -2.45. The van der Waals surface area contributed by atoms with Gasteiger partial charge in [-0.05, 0) is 36.5 Å². The number of methoxy groups -OCH3 is 2. The number of fused-ring (bicyclic) bond motifs is 2. The van der Waals surface area contributed by atoms with E-state index in [1.54, 1.807) is 55.6 Å². The second-order valence-electron chi connectivity index (χ2n) is 7.44. The van der Waals surface area contributed by atoms with E-state index >= 15 is 0 Å². The fourth-order valence-electron chi connectivity index (χ4n) is 3.35. The van der Waals surface area contributed by atoms with E-state index in [0.717, 1.165) is 0 Å². The number of aldehydes is 1. The maximum Gasteiger partial charge on any atom is 0.338 e. The van der Waals surface area contributed by atoms with Crippen LogP contribution in [0, 0.1) is 0 Å². The fourth-order valence-corrected chi connectivity index (χ4v) is 3.40. The molecule has 0 spiro atoms. The van der Waals surface area contributed by atoms with E-state index in [1.165, 1.54) is 26.4 Å². The van der Waals surface area contributed by atoms with E-state index in [0.29, 0.717) is 33.7 Å². The first kappa shape index (κ1) is 27.6. The number of nitrogens with zero attached hydrogens (tertiary/aromatic N) is 2. The third kappa shape index (κ3) is 6.42. The zero-order valence-corrected chi connectivity index (χ0v) is 21.4. The van der Waals surface area contributed by atoms with Crippen molar-refractivity contribution >= 4 is 63.3 Å². The molecular weight excluding hydrogens is 510 g/mol. The Labute approximate surface area is 222 Å². The number of aromatic nitrogens is 2. The number of thiocarbonyl (C=S) groups is 1. The molecule has 0 fully saturated rings. The number of amides is 1. The van der Waals surface area contributed by atoms with E-state index in [4.69, 9.17) is 17.0 Å². The zero-order valence-electron chi connectivity index (χ0n) is 20.6. The molecule has 0 radical (unpaired) electrons. The van der Waals surface area contributed by atoms with Crippen molar-refractivity contribution in [2.24, 2.45) is 0 Å². The SMILES string of the molecule is CNC(=S)NNC(=O)c1cc(C(=O)OC)c2ccccc2n1.COC(=O)c1cc(C=O)nc2ccccc12. The number of rotatable bonds is 4. The van der Waals surface area contributed by atoms with Crippen LogP contribution in [-0.4, -0.2) is 60.5 Å². The molecule has 4 rings (SSSR count). The smallest absolute Gasteiger partial charge is 0.338 e. The number of pyridine rings is 2. The lowest BCUT2D eigenvalue weighted by molar-refractivity contribution is 0.0594. The molecule has 1 amide bonds. The monoisotopic (exact) mass is 533 g/mol. The molecule has 0 aliphatic heterocycles. The van der Waals surface area contributed by atoms with E-state index < -0.39 is 17.8 Å². The first-order valence-corrected chi connectivity index (χ1v) is 11.4. The summed E-state index contributed by atoms with van der Waals surface area (Å²) in [5.41, 5.74) is 6.95. The van der Waals surface area contributed by atoms with Crippen molar-refractivity contribution in [1.29, 1.82) is 0 Å². The Morgan fingerprint density at radius 3 is 1.87 bits per heavy atom. The Kier molecular flexibility index (Phi) is 9.32. The van der Waals surface area contributed by atoms with Crippen LogP contribution in [0.2, 0.25) is 0 Å². The van der Waals surface area contributed by atoms with Crippen molar-refractivity contribution in [3.8, 4) is 0 Å². The summed E-state index contributed by atoms with van der Waals surface area (Å²) in [4.78, 5) is 54.5. The van der Waals surface area contributed by atoms with Gasteiger partial charge in [0.25, 0.3) is 5.91 Å². The Balaban J connectivity index is 0.000000221. The topological polar surface area (TPSA) is 149 Å². The lowest BCUT2D eigenvalue weighted by atomic mass is 10.1. The summed E-state index contributed by atoms with van der Waals surface area (Å²) < 4.78 is 9.41. The van der Waals surface area contributed by atoms with E-state index in [1.807, 2.05) is 0 Å². The normalized spacial score (nSPS) is 9.97. The first-order chi connectivity index (χ1) is 18.3. The van der Waals surface area contributed by atoms with Gasteiger partial charge in [0.15, 0.2) is 11.4 Å². The van der Waals surface area contributed by atoms with Gasteiger partial charge in [0.05, 0.1) is 36.4 Å². The average Bonchev–Trinajstić information content (AvgIpc) is 2.97. The minimum absolute atomic E-state index is 0.0745. The van der Waals surface area contributed by atoms with Gasteiger partial charge in [0, 0.05) is 17.8 Å². The van der Waals surface area contributed by atoms with Crippen molar-refractivity contribution in [1.82, 2.24) is 26.1 Å². The predicted octanol–water partition coefficient (Wildman–Crippen LogP) is 2.59. The van der Waals surface area contributed by atoms with Crippen LogP contribution in [0.1, 0.15) is 41.7 Å². The average molecular weight is 534 g/mol. The number of carbonyl (C=O) groups is 4. The second-order valence-corrected chi connectivity index (χ2v) is 7.85. The summed E-state index contributed by atoms with van der Waals surface area (Å²) in [6, 6.07) is 16.9. The van der Waals surface area contributed by atoms with E-state index in [2.05, 4.69) is 30.9 Å². The highest BCUT2D eigenvalue weighted by Crippen LogP contribution is 2.20. The van der Waals surface area contributed by atoms with Crippen molar-refractivity contribution in [3.63, 3.8) is 0 Å². The number of ether oxygens (including phenoxy) is 2. The molecule has 0 unspecified atom stereocenters. The van der Waals surface area contributed by atoms with Gasteiger partial charge in [-0.25, -0.2) is 19.6 Å². The molecular formula is C26H23N5O6S. The molecule has 38 heavy (non-hydrogen) atoms. The highest BCUT2D eigenvalue weighted by molar-refractivity contribution is 7.80. The van der Waals surface area contributed by atoms with Crippen LogP contribution in [0.3, 0.4) is 0 Å². The number of benzene rings is 2. The summed E-state index contributed by atoms with van der Waals surface area (Å²) in [6.07, 6.45) is 0.610. The van der Waals surface area contributed by atoms with E-state index in [-0.39, 0.29) is 22.1 Å². The van der Waals surface area contributed by atoms with Crippen molar-refractivity contribution in [2.75, 3.05) is 21.3 Å². The van der Waals surface area contributed by atoms with Crippen LogP contribution in [0.4, 0.5) is 0 Å². The summed E-state index contributed by atoms with van der Waals surface area (Å²) in [6.45, 7) is 0. The quantitative estimate of drug-likeness (QED) is 0.154. The molecule has 0 saturated carbocycles. The second kappa shape index (κ2) is 12.8. The van der Waals surface area contributed by atoms with Gasteiger partial charge in [-0.3, -0.25) is 20.4 Å². The highest BCUT2D eigenvalue weighted by Gasteiger charge is 2.17. The van der Waals surface area contributed by atoms with Gasteiger partial charge in [0.1, 0.15) is 11.4 Å². The fraction of sp³-hybridized carbons (Fsp3) is 0.115. The molecule has 194 valence electrons. The van der Waals surface area contributed by atoms with Gasteiger partial charge in [-0.15, -0.1) is 0 Å². The molecule has 0 aliphatic carbocycles. The molecule has 0 bridgehead atoms.